The smallest absolute Gasteiger partial charge is 0.129 e. The number of benzene rings is 1. The van der Waals surface area contributed by atoms with Crippen molar-refractivity contribution in [2.24, 2.45) is 0 Å². The lowest BCUT2D eigenvalue weighted by molar-refractivity contribution is 0.208. The van der Waals surface area contributed by atoms with Crippen molar-refractivity contribution in [2.45, 2.75) is 32.4 Å². The number of anilines is 1. The third-order valence-electron chi connectivity index (χ3n) is 3.96. The highest BCUT2D eigenvalue weighted by Gasteiger charge is 2.20. The second kappa shape index (κ2) is 6.83. The lowest BCUT2D eigenvalue weighted by Crippen LogP contribution is -2.41. The molecule has 1 unspecified atom stereocenters. The maximum atomic E-state index is 13.3. The van der Waals surface area contributed by atoms with Gasteiger partial charge in [-0.05, 0) is 44.0 Å². The third-order valence-corrected chi connectivity index (χ3v) is 3.96. The molecule has 0 amide bonds. The second-order valence-corrected chi connectivity index (χ2v) is 5.89. The van der Waals surface area contributed by atoms with E-state index < -0.39 is 0 Å². The lowest BCUT2D eigenvalue weighted by Gasteiger charge is -2.33. The quantitative estimate of drug-likeness (QED) is 0.942. The van der Waals surface area contributed by atoms with Crippen LogP contribution in [0.25, 0.3) is 0 Å². The molecule has 3 rings (SSSR count). The summed E-state index contributed by atoms with van der Waals surface area (Å²) in [6, 6.07) is 9.19. The van der Waals surface area contributed by atoms with Crippen molar-refractivity contribution in [1.82, 2.24) is 14.9 Å². The van der Waals surface area contributed by atoms with Crippen LogP contribution < -0.4 is 5.32 Å². The van der Waals surface area contributed by atoms with Crippen molar-refractivity contribution in [3.63, 3.8) is 0 Å². The summed E-state index contributed by atoms with van der Waals surface area (Å²) in [5.74, 6) is 0.714. The van der Waals surface area contributed by atoms with Crippen LogP contribution in [0, 0.1) is 12.7 Å². The minimum absolute atomic E-state index is 0.166. The average Bonchev–Trinajstić information content (AvgIpc) is 2.47. The van der Waals surface area contributed by atoms with Gasteiger partial charge in [0.25, 0.3) is 0 Å². The first-order valence-corrected chi connectivity index (χ1v) is 7.71. The fourth-order valence-corrected chi connectivity index (χ4v) is 2.95. The van der Waals surface area contributed by atoms with Gasteiger partial charge in [0.1, 0.15) is 18.0 Å². The summed E-state index contributed by atoms with van der Waals surface area (Å²) in [5.41, 5.74) is 1.99. The van der Waals surface area contributed by atoms with Gasteiger partial charge in [-0.3, -0.25) is 4.90 Å². The van der Waals surface area contributed by atoms with Gasteiger partial charge in [0.05, 0.1) is 0 Å². The van der Waals surface area contributed by atoms with E-state index in [2.05, 4.69) is 20.2 Å². The molecule has 0 bridgehead atoms. The van der Waals surface area contributed by atoms with Crippen molar-refractivity contribution in [3.8, 4) is 0 Å². The number of likely N-dealkylation sites (tertiary alicyclic amines) is 1. The van der Waals surface area contributed by atoms with Gasteiger partial charge >= 0.3 is 0 Å². The number of hydrogen-bond acceptors (Lipinski definition) is 4. The van der Waals surface area contributed by atoms with Gasteiger partial charge in [-0.25, -0.2) is 14.4 Å². The van der Waals surface area contributed by atoms with Crippen LogP contribution in [0.4, 0.5) is 10.2 Å². The number of piperidine rings is 1. The van der Waals surface area contributed by atoms with Gasteiger partial charge < -0.3 is 5.32 Å². The van der Waals surface area contributed by atoms with Crippen LogP contribution in [0.5, 0.6) is 0 Å². The predicted octanol–water partition coefficient (Wildman–Crippen LogP) is 3.00. The van der Waals surface area contributed by atoms with Crippen molar-refractivity contribution in [3.05, 3.63) is 53.7 Å². The molecule has 116 valence electrons. The number of nitrogens with one attached hydrogen (secondary N) is 1. The van der Waals surface area contributed by atoms with Crippen molar-refractivity contribution < 1.29 is 4.39 Å². The summed E-state index contributed by atoms with van der Waals surface area (Å²) < 4.78 is 13.3. The van der Waals surface area contributed by atoms with Crippen LogP contribution in [0.3, 0.4) is 0 Å². The highest BCUT2D eigenvalue weighted by atomic mass is 19.1. The molecular weight excluding hydrogens is 279 g/mol. The largest absolute Gasteiger partial charge is 0.366 e. The van der Waals surface area contributed by atoms with Crippen LogP contribution in [0.15, 0.2) is 36.7 Å². The topological polar surface area (TPSA) is 41.0 Å². The Labute approximate surface area is 130 Å². The van der Waals surface area contributed by atoms with E-state index in [1.807, 2.05) is 19.1 Å². The molecule has 1 fully saturated rings. The molecule has 0 radical (unpaired) electrons. The Morgan fingerprint density at radius 2 is 2.23 bits per heavy atom. The zero-order chi connectivity index (χ0) is 15.4. The summed E-state index contributed by atoms with van der Waals surface area (Å²) in [5, 5.41) is 3.48. The number of aromatic nitrogens is 2. The fourth-order valence-electron chi connectivity index (χ4n) is 2.95. The summed E-state index contributed by atoms with van der Waals surface area (Å²) in [4.78, 5) is 10.7. The zero-order valence-electron chi connectivity index (χ0n) is 12.8. The molecule has 1 atom stereocenters. The van der Waals surface area contributed by atoms with Gasteiger partial charge in [0.15, 0.2) is 0 Å². The maximum absolute atomic E-state index is 13.3. The van der Waals surface area contributed by atoms with E-state index in [9.17, 15) is 4.39 Å². The Hall–Kier alpha value is -2.01. The zero-order valence-corrected chi connectivity index (χ0v) is 12.8. The molecular formula is C17H21FN4. The van der Waals surface area contributed by atoms with E-state index in [0.717, 1.165) is 49.6 Å². The Bertz CT molecular complexity index is 578. The van der Waals surface area contributed by atoms with Gasteiger partial charge in [0, 0.05) is 30.9 Å². The summed E-state index contributed by atoms with van der Waals surface area (Å²) in [6.07, 6.45) is 3.85. The SMILES string of the molecule is Cc1cc(NC2CCCN(Cc3cccc(F)c3)C2)ncn1. The highest BCUT2D eigenvalue weighted by molar-refractivity contribution is 5.35. The van der Waals surface area contributed by atoms with Gasteiger partial charge in [-0.15, -0.1) is 0 Å². The van der Waals surface area contributed by atoms with E-state index in [1.54, 1.807) is 18.5 Å². The summed E-state index contributed by atoms with van der Waals surface area (Å²) in [7, 11) is 0. The number of halogens is 1. The van der Waals surface area contributed by atoms with E-state index in [1.165, 1.54) is 6.07 Å². The van der Waals surface area contributed by atoms with E-state index in [-0.39, 0.29) is 5.82 Å². The molecule has 0 saturated carbocycles. The lowest BCUT2D eigenvalue weighted by atomic mass is 10.0. The number of aryl methyl sites for hydroxylation is 1. The van der Waals surface area contributed by atoms with Crippen LogP contribution >= 0.6 is 0 Å². The molecule has 1 aliphatic rings. The van der Waals surface area contributed by atoms with Crippen molar-refractivity contribution >= 4 is 5.82 Å². The van der Waals surface area contributed by atoms with Crippen LogP contribution in [-0.2, 0) is 6.54 Å². The highest BCUT2D eigenvalue weighted by Crippen LogP contribution is 2.17. The molecule has 0 spiro atoms. The van der Waals surface area contributed by atoms with Gasteiger partial charge in [-0.1, -0.05) is 12.1 Å². The Morgan fingerprint density at radius 3 is 3.05 bits per heavy atom. The van der Waals surface area contributed by atoms with Gasteiger partial charge in [-0.2, -0.15) is 0 Å². The second-order valence-electron chi connectivity index (χ2n) is 5.89. The summed E-state index contributed by atoms with van der Waals surface area (Å²) >= 11 is 0. The molecule has 5 heteroatoms. The Kier molecular flexibility index (Phi) is 4.63. The predicted molar refractivity (Wildman–Crippen MR) is 85.1 cm³/mol. The minimum Gasteiger partial charge on any atom is -0.366 e. The minimum atomic E-state index is -0.166. The maximum Gasteiger partial charge on any atom is 0.129 e. The van der Waals surface area contributed by atoms with Crippen LogP contribution in [-0.4, -0.2) is 34.0 Å². The third kappa shape index (κ3) is 4.01. The Morgan fingerprint density at radius 1 is 1.32 bits per heavy atom. The first-order valence-electron chi connectivity index (χ1n) is 7.71. The average molecular weight is 300 g/mol. The van der Waals surface area contributed by atoms with E-state index in [0.29, 0.717) is 6.04 Å². The van der Waals surface area contributed by atoms with Crippen molar-refractivity contribution in [2.75, 3.05) is 18.4 Å². The standard InChI is InChI=1S/C17H21FN4/c1-13-8-17(20-12-19-13)21-16-6-3-7-22(11-16)10-14-4-2-5-15(18)9-14/h2,4-5,8-9,12,16H,3,6-7,10-11H2,1H3,(H,19,20,21). The molecule has 1 saturated heterocycles. The summed E-state index contributed by atoms with van der Waals surface area (Å²) in [6.45, 7) is 4.75. The molecule has 2 heterocycles. The molecule has 1 N–H and O–H groups in total. The van der Waals surface area contributed by atoms with Crippen molar-refractivity contribution in [1.29, 1.82) is 0 Å². The molecule has 1 aromatic heterocycles. The van der Waals surface area contributed by atoms with Crippen LogP contribution in [0.1, 0.15) is 24.1 Å². The fraction of sp³-hybridized carbons (Fsp3) is 0.412. The molecule has 1 aromatic carbocycles. The van der Waals surface area contributed by atoms with E-state index >= 15 is 0 Å². The molecule has 4 nitrogen and oxygen atoms in total. The Balaban J connectivity index is 1.59. The monoisotopic (exact) mass is 300 g/mol. The van der Waals surface area contributed by atoms with Crippen LogP contribution in [0.2, 0.25) is 0 Å². The first kappa shape index (κ1) is 14.9. The van der Waals surface area contributed by atoms with E-state index in [4.69, 9.17) is 0 Å². The molecule has 0 aliphatic carbocycles. The first-order chi connectivity index (χ1) is 10.7. The van der Waals surface area contributed by atoms with Gasteiger partial charge in [0.2, 0.25) is 0 Å². The number of rotatable bonds is 4. The molecule has 2 aromatic rings. The number of hydrogen-bond donors (Lipinski definition) is 1. The number of nitrogens with zero attached hydrogens (tertiary/aromatic N) is 3. The normalized spacial score (nSPS) is 19.1. The molecule has 1 aliphatic heterocycles. The molecule has 22 heavy (non-hydrogen) atoms.